The van der Waals surface area contributed by atoms with Gasteiger partial charge >= 0.3 is 0 Å². The van der Waals surface area contributed by atoms with Gasteiger partial charge in [-0.25, -0.2) is 8.42 Å². The van der Waals surface area contributed by atoms with Gasteiger partial charge in [-0.3, -0.25) is 4.79 Å². The molecule has 1 amide bonds. The highest BCUT2D eigenvalue weighted by molar-refractivity contribution is 7.89. The van der Waals surface area contributed by atoms with Gasteiger partial charge in [0, 0.05) is 37.8 Å². The number of rotatable bonds is 3. The monoisotopic (exact) mass is 362 g/mol. The molecule has 1 aliphatic rings. The van der Waals surface area contributed by atoms with Crippen molar-refractivity contribution >= 4 is 15.9 Å². The summed E-state index contributed by atoms with van der Waals surface area (Å²) in [6.07, 6.45) is 0. The highest BCUT2D eigenvalue weighted by atomic mass is 32.2. The number of carbonyl (C=O) groups excluding carboxylic acids is 1. The van der Waals surface area contributed by atoms with Crippen LogP contribution in [0, 0.1) is 0 Å². The van der Waals surface area contributed by atoms with Crippen molar-refractivity contribution in [1.29, 1.82) is 0 Å². The number of benzene rings is 2. The molecule has 0 saturated carbocycles. The van der Waals surface area contributed by atoms with E-state index in [1.54, 1.807) is 30.3 Å². The van der Waals surface area contributed by atoms with E-state index in [-0.39, 0.29) is 54.0 Å². The van der Waals surface area contributed by atoms with Crippen LogP contribution in [0.1, 0.15) is 10.4 Å². The fourth-order valence-corrected chi connectivity index (χ4v) is 4.22. The molecular formula is C17H18N2O5S. The number of hydrogen-bond acceptors (Lipinski definition) is 5. The zero-order valence-electron chi connectivity index (χ0n) is 13.4. The van der Waals surface area contributed by atoms with Crippen molar-refractivity contribution in [3.63, 3.8) is 0 Å². The fourth-order valence-electron chi connectivity index (χ4n) is 2.77. The second-order valence-electron chi connectivity index (χ2n) is 5.75. The van der Waals surface area contributed by atoms with Crippen molar-refractivity contribution in [3.8, 4) is 11.5 Å². The molecule has 1 saturated heterocycles. The van der Waals surface area contributed by atoms with Crippen LogP contribution >= 0.6 is 0 Å². The van der Waals surface area contributed by atoms with Gasteiger partial charge in [0.25, 0.3) is 5.91 Å². The Morgan fingerprint density at radius 2 is 1.44 bits per heavy atom. The normalized spacial score (nSPS) is 15.9. The molecular weight excluding hydrogens is 344 g/mol. The van der Waals surface area contributed by atoms with E-state index < -0.39 is 10.0 Å². The number of phenols is 2. The first-order valence-corrected chi connectivity index (χ1v) is 9.19. The van der Waals surface area contributed by atoms with Crippen molar-refractivity contribution in [2.24, 2.45) is 0 Å². The van der Waals surface area contributed by atoms with Gasteiger partial charge in [-0.1, -0.05) is 18.2 Å². The minimum atomic E-state index is -3.57. The van der Waals surface area contributed by atoms with Crippen LogP contribution in [0.3, 0.4) is 0 Å². The molecule has 0 aliphatic carbocycles. The zero-order valence-corrected chi connectivity index (χ0v) is 14.2. The molecule has 0 aromatic heterocycles. The van der Waals surface area contributed by atoms with E-state index >= 15 is 0 Å². The summed E-state index contributed by atoms with van der Waals surface area (Å²) >= 11 is 0. The molecule has 0 atom stereocenters. The smallest absolute Gasteiger partial charge is 0.254 e. The predicted octanol–water partition coefficient (Wildman–Crippen LogP) is 1.24. The molecule has 0 unspecified atom stereocenters. The van der Waals surface area contributed by atoms with E-state index in [0.717, 1.165) is 6.07 Å². The Hall–Kier alpha value is -2.58. The van der Waals surface area contributed by atoms with E-state index in [0.29, 0.717) is 0 Å². The Bertz CT molecular complexity index is 855. The van der Waals surface area contributed by atoms with Crippen molar-refractivity contribution in [1.82, 2.24) is 9.21 Å². The van der Waals surface area contributed by atoms with Gasteiger partial charge in [0.15, 0.2) is 0 Å². The maximum Gasteiger partial charge on any atom is 0.254 e. The van der Waals surface area contributed by atoms with Gasteiger partial charge in [0.05, 0.1) is 4.90 Å². The lowest BCUT2D eigenvalue weighted by atomic mass is 10.1. The molecule has 2 N–H and O–H groups in total. The third-order valence-corrected chi connectivity index (χ3v) is 5.97. The third-order valence-electron chi connectivity index (χ3n) is 4.06. The molecule has 1 fully saturated rings. The summed E-state index contributed by atoms with van der Waals surface area (Å²) in [7, 11) is -3.57. The van der Waals surface area contributed by atoms with Crippen LogP contribution in [-0.4, -0.2) is 59.9 Å². The summed E-state index contributed by atoms with van der Waals surface area (Å²) in [5, 5.41) is 19.0. The van der Waals surface area contributed by atoms with Crippen molar-refractivity contribution in [3.05, 3.63) is 54.1 Å². The topological polar surface area (TPSA) is 98.2 Å². The molecule has 25 heavy (non-hydrogen) atoms. The number of carbonyl (C=O) groups is 1. The molecule has 8 heteroatoms. The first-order valence-electron chi connectivity index (χ1n) is 7.75. The predicted molar refractivity (Wildman–Crippen MR) is 90.9 cm³/mol. The van der Waals surface area contributed by atoms with Gasteiger partial charge in [0.1, 0.15) is 11.5 Å². The minimum absolute atomic E-state index is 0.164. The lowest BCUT2D eigenvalue weighted by molar-refractivity contribution is 0.0697. The highest BCUT2D eigenvalue weighted by Gasteiger charge is 2.30. The molecule has 0 radical (unpaired) electrons. The number of piperazine rings is 1. The summed E-state index contributed by atoms with van der Waals surface area (Å²) in [5.74, 6) is -0.759. The number of phenolic OH excluding ortho intramolecular Hbond substituents is 2. The Kier molecular flexibility index (Phi) is 4.65. The van der Waals surface area contributed by atoms with Crippen LogP contribution in [0.2, 0.25) is 0 Å². The van der Waals surface area contributed by atoms with E-state index in [2.05, 4.69) is 0 Å². The van der Waals surface area contributed by atoms with Crippen LogP contribution in [0.25, 0.3) is 0 Å². The van der Waals surface area contributed by atoms with Gasteiger partial charge in [-0.05, 0) is 24.3 Å². The first kappa shape index (κ1) is 17.2. The number of aromatic hydroxyl groups is 2. The largest absolute Gasteiger partial charge is 0.508 e. The quantitative estimate of drug-likeness (QED) is 0.856. The molecule has 2 aromatic rings. The highest BCUT2D eigenvalue weighted by Crippen LogP contribution is 2.23. The number of sulfonamides is 1. The zero-order chi connectivity index (χ0) is 18.0. The summed E-state index contributed by atoms with van der Waals surface area (Å²) in [6, 6.07) is 11.9. The van der Waals surface area contributed by atoms with Gasteiger partial charge in [0.2, 0.25) is 10.0 Å². The summed E-state index contributed by atoms with van der Waals surface area (Å²) in [4.78, 5) is 14.2. The summed E-state index contributed by atoms with van der Waals surface area (Å²) in [6.45, 7) is 0.851. The second-order valence-corrected chi connectivity index (χ2v) is 7.69. The summed E-state index contributed by atoms with van der Waals surface area (Å²) < 4.78 is 26.5. The van der Waals surface area contributed by atoms with Gasteiger partial charge in [-0.15, -0.1) is 0 Å². The number of amides is 1. The van der Waals surface area contributed by atoms with Crippen LogP contribution in [0.5, 0.6) is 11.5 Å². The lowest BCUT2D eigenvalue weighted by Gasteiger charge is -2.34. The second kappa shape index (κ2) is 6.73. The van der Waals surface area contributed by atoms with E-state index in [9.17, 15) is 23.4 Å². The average Bonchev–Trinajstić information content (AvgIpc) is 2.61. The molecule has 132 valence electrons. The standard InChI is InChI=1S/C17H18N2O5S/c20-14-10-13(11-15(21)12-14)17(22)18-6-8-19(9-7-18)25(23,24)16-4-2-1-3-5-16/h1-5,10-12,20-21H,6-9H2. The van der Waals surface area contributed by atoms with E-state index in [4.69, 9.17) is 0 Å². The number of nitrogens with zero attached hydrogens (tertiary/aromatic N) is 2. The summed E-state index contributed by atoms with van der Waals surface area (Å²) in [5.41, 5.74) is 0.164. The minimum Gasteiger partial charge on any atom is -0.508 e. The van der Waals surface area contributed by atoms with Gasteiger partial charge in [-0.2, -0.15) is 4.31 Å². The lowest BCUT2D eigenvalue weighted by Crippen LogP contribution is -2.50. The molecule has 1 heterocycles. The van der Waals surface area contributed by atoms with Gasteiger partial charge < -0.3 is 15.1 Å². The molecule has 1 aliphatic heterocycles. The molecule has 7 nitrogen and oxygen atoms in total. The van der Waals surface area contributed by atoms with Crippen LogP contribution in [0.15, 0.2) is 53.4 Å². The molecule has 0 spiro atoms. The van der Waals surface area contributed by atoms with Crippen LogP contribution < -0.4 is 0 Å². The average molecular weight is 362 g/mol. The Morgan fingerprint density at radius 3 is 2.00 bits per heavy atom. The Labute approximate surface area is 145 Å². The molecule has 3 rings (SSSR count). The van der Waals surface area contributed by atoms with Crippen molar-refractivity contribution < 1.29 is 23.4 Å². The maximum absolute atomic E-state index is 12.6. The van der Waals surface area contributed by atoms with Crippen LogP contribution in [0.4, 0.5) is 0 Å². The molecule has 0 bridgehead atoms. The van der Waals surface area contributed by atoms with Crippen molar-refractivity contribution in [2.45, 2.75) is 4.90 Å². The maximum atomic E-state index is 12.6. The number of hydrogen-bond donors (Lipinski definition) is 2. The molecule has 2 aromatic carbocycles. The SMILES string of the molecule is O=C(c1cc(O)cc(O)c1)N1CCN(S(=O)(=O)c2ccccc2)CC1. The first-order chi connectivity index (χ1) is 11.9. The van der Waals surface area contributed by atoms with Crippen molar-refractivity contribution in [2.75, 3.05) is 26.2 Å². The Balaban J connectivity index is 1.70. The van der Waals surface area contributed by atoms with E-state index in [1.165, 1.54) is 21.3 Å². The van der Waals surface area contributed by atoms with E-state index in [1.807, 2.05) is 0 Å². The van der Waals surface area contributed by atoms with Crippen LogP contribution in [-0.2, 0) is 10.0 Å². The Morgan fingerprint density at radius 1 is 0.880 bits per heavy atom. The third kappa shape index (κ3) is 3.59. The fraction of sp³-hybridized carbons (Fsp3) is 0.235.